The Balaban J connectivity index is 2.68. The second-order valence-corrected chi connectivity index (χ2v) is 3.57. The highest BCUT2D eigenvalue weighted by atomic mass is 16.5. The number of ether oxygens (including phenoxy) is 1. The first-order valence-electron chi connectivity index (χ1n) is 5.09. The predicted molar refractivity (Wildman–Crippen MR) is 66.2 cm³/mol. The Morgan fingerprint density at radius 1 is 1.39 bits per heavy atom. The van der Waals surface area contributed by atoms with E-state index in [4.69, 9.17) is 0 Å². The molecule has 0 aliphatic rings. The molecule has 3 N–H and O–H groups in total. The summed E-state index contributed by atoms with van der Waals surface area (Å²) in [5.74, 6) is -0.807. The maximum atomic E-state index is 11.5. The monoisotopic (exact) mass is 250 g/mol. The summed E-state index contributed by atoms with van der Waals surface area (Å²) >= 11 is 0. The van der Waals surface area contributed by atoms with Crippen LogP contribution in [0.3, 0.4) is 0 Å². The molecule has 6 heteroatoms. The van der Waals surface area contributed by atoms with Gasteiger partial charge in [0.15, 0.2) is 0 Å². The number of phenolic OH excluding ortho intramolecular Hbond substituents is 1. The summed E-state index contributed by atoms with van der Waals surface area (Å²) in [7, 11) is 1.18. The fraction of sp³-hybridized carbons (Fsp3) is 0.167. The molecule has 0 aliphatic heterocycles. The third kappa shape index (κ3) is 3.51. The van der Waals surface area contributed by atoms with Crippen LogP contribution in [0.25, 0.3) is 0 Å². The number of aryl methyl sites for hydroxylation is 1. The Morgan fingerprint density at radius 3 is 2.67 bits per heavy atom. The Hall–Kier alpha value is -2.50. The quantitative estimate of drug-likeness (QED) is 0.431. The predicted octanol–water partition coefficient (Wildman–Crippen LogP) is 1.51. The summed E-state index contributed by atoms with van der Waals surface area (Å²) < 4.78 is 4.38. The number of hydrogen-bond acceptors (Lipinski definition) is 4. The van der Waals surface area contributed by atoms with E-state index in [2.05, 4.69) is 21.9 Å². The zero-order chi connectivity index (χ0) is 13.7. The highest BCUT2D eigenvalue weighted by molar-refractivity contribution is 5.98. The molecule has 0 spiro atoms. The normalized spacial score (nSPS) is 9.44. The largest absolute Gasteiger partial charge is 0.506 e. The standard InChI is InChI=1S/C12H14N2O4/c1-7-4-5-10(15)9(6-7)14-12(17)13-8(2)11(16)18-3/h4-6,15H,2H2,1,3H3,(H2,13,14,17). The van der Waals surface area contributed by atoms with Gasteiger partial charge in [0.05, 0.1) is 12.8 Å². The van der Waals surface area contributed by atoms with Crippen LogP contribution in [0.5, 0.6) is 5.75 Å². The third-order valence-electron chi connectivity index (χ3n) is 2.10. The number of benzene rings is 1. The van der Waals surface area contributed by atoms with Crippen molar-refractivity contribution in [3.8, 4) is 5.75 Å². The molecule has 18 heavy (non-hydrogen) atoms. The Bertz CT molecular complexity index is 497. The van der Waals surface area contributed by atoms with Gasteiger partial charge in [0.2, 0.25) is 0 Å². The average Bonchev–Trinajstić information content (AvgIpc) is 2.32. The summed E-state index contributed by atoms with van der Waals surface area (Å²) in [6, 6.07) is 4.06. The molecule has 0 saturated carbocycles. The molecule has 0 fully saturated rings. The lowest BCUT2D eigenvalue weighted by molar-refractivity contribution is -0.136. The number of carbonyl (C=O) groups is 2. The molecule has 2 amide bonds. The number of carbonyl (C=O) groups excluding carboxylic acids is 2. The van der Waals surface area contributed by atoms with Gasteiger partial charge in [0.25, 0.3) is 0 Å². The molecule has 0 unspecified atom stereocenters. The van der Waals surface area contributed by atoms with Gasteiger partial charge in [-0.15, -0.1) is 0 Å². The van der Waals surface area contributed by atoms with Crippen LogP contribution in [0.1, 0.15) is 5.56 Å². The minimum Gasteiger partial charge on any atom is -0.506 e. The minimum absolute atomic E-state index is 0.0700. The van der Waals surface area contributed by atoms with E-state index in [1.54, 1.807) is 12.1 Å². The molecule has 6 nitrogen and oxygen atoms in total. The average molecular weight is 250 g/mol. The lowest BCUT2D eigenvalue weighted by Gasteiger charge is -2.10. The number of anilines is 1. The van der Waals surface area contributed by atoms with Gasteiger partial charge in [0, 0.05) is 0 Å². The van der Waals surface area contributed by atoms with Crippen LogP contribution in [0.2, 0.25) is 0 Å². The summed E-state index contributed by atoms with van der Waals surface area (Å²) in [6.07, 6.45) is 0. The Labute approximate surface area is 104 Å². The second kappa shape index (κ2) is 5.72. The van der Waals surface area contributed by atoms with Gasteiger partial charge >= 0.3 is 12.0 Å². The van der Waals surface area contributed by atoms with Gasteiger partial charge in [-0.2, -0.15) is 0 Å². The first-order chi connectivity index (χ1) is 8.43. The molecule has 0 saturated heterocycles. The van der Waals surface area contributed by atoms with Crippen molar-refractivity contribution in [3.05, 3.63) is 36.0 Å². The van der Waals surface area contributed by atoms with Crippen LogP contribution in [0.15, 0.2) is 30.5 Å². The molecule has 0 radical (unpaired) electrons. The number of hydrogen-bond donors (Lipinski definition) is 3. The molecule has 0 aromatic heterocycles. The lowest BCUT2D eigenvalue weighted by atomic mass is 10.2. The van der Waals surface area contributed by atoms with Crippen LogP contribution >= 0.6 is 0 Å². The van der Waals surface area contributed by atoms with Gasteiger partial charge in [-0.05, 0) is 24.6 Å². The van der Waals surface area contributed by atoms with Gasteiger partial charge in [-0.25, -0.2) is 9.59 Å². The first kappa shape index (κ1) is 13.6. The number of esters is 1. The Kier molecular flexibility index (Phi) is 4.31. The summed E-state index contributed by atoms with van der Waals surface area (Å²) in [5.41, 5.74) is 0.919. The SMILES string of the molecule is C=C(NC(=O)Nc1cc(C)ccc1O)C(=O)OC. The van der Waals surface area contributed by atoms with Gasteiger partial charge in [0.1, 0.15) is 11.4 Å². The molecule has 1 aromatic rings. The summed E-state index contributed by atoms with van der Waals surface area (Å²) in [4.78, 5) is 22.5. The summed E-state index contributed by atoms with van der Waals surface area (Å²) in [6.45, 7) is 5.15. The van der Waals surface area contributed by atoms with E-state index in [9.17, 15) is 14.7 Å². The third-order valence-corrected chi connectivity index (χ3v) is 2.10. The fourth-order valence-electron chi connectivity index (χ4n) is 1.21. The van der Waals surface area contributed by atoms with E-state index in [1.165, 1.54) is 13.2 Å². The number of aromatic hydroxyl groups is 1. The molecule has 96 valence electrons. The molecule has 0 atom stereocenters. The molecular weight excluding hydrogens is 236 g/mol. The van der Waals surface area contributed by atoms with Crippen molar-refractivity contribution in [2.45, 2.75) is 6.92 Å². The number of rotatable bonds is 3. The molecule has 1 aromatic carbocycles. The van der Waals surface area contributed by atoms with Crippen molar-refractivity contribution < 1.29 is 19.4 Å². The van der Waals surface area contributed by atoms with E-state index < -0.39 is 12.0 Å². The first-order valence-corrected chi connectivity index (χ1v) is 5.09. The maximum absolute atomic E-state index is 11.5. The maximum Gasteiger partial charge on any atom is 0.353 e. The number of methoxy groups -OCH3 is 1. The fourth-order valence-corrected chi connectivity index (χ4v) is 1.21. The van der Waals surface area contributed by atoms with E-state index in [1.807, 2.05) is 6.92 Å². The van der Waals surface area contributed by atoms with Crippen molar-refractivity contribution in [2.24, 2.45) is 0 Å². The second-order valence-electron chi connectivity index (χ2n) is 3.57. The van der Waals surface area contributed by atoms with Gasteiger partial charge in [-0.1, -0.05) is 12.6 Å². The van der Waals surface area contributed by atoms with E-state index >= 15 is 0 Å². The smallest absolute Gasteiger partial charge is 0.353 e. The van der Waals surface area contributed by atoms with Crippen LogP contribution in [0, 0.1) is 6.92 Å². The van der Waals surface area contributed by atoms with Crippen molar-refractivity contribution in [3.63, 3.8) is 0 Å². The number of urea groups is 1. The summed E-state index contributed by atoms with van der Waals surface area (Å²) in [5, 5.41) is 14.1. The van der Waals surface area contributed by atoms with Crippen molar-refractivity contribution >= 4 is 17.7 Å². The van der Waals surface area contributed by atoms with Crippen LogP contribution in [0.4, 0.5) is 10.5 Å². The number of amides is 2. The molecule has 0 bridgehead atoms. The zero-order valence-corrected chi connectivity index (χ0v) is 10.1. The molecular formula is C12H14N2O4. The highest BCUT2D eigenvalue weighted by Crippen LogP contribution is 2.23. The van der Waals surface area contributed by atoms with E-state index in [0.29, 0.717) is 0 Å². The van der Waals surface area contributed by atoms with Crippen LogP contribution in [-0.2, 0) is 9.53 Å². The van der Waals surface area contributed by atoms with Gasteiger partial charge < -0.3 is 20.5 Å². The lowest BCUT2D eigenvalue weighted by Crippen LogP contribution is -2.31. The number of phenols is 1. The number of nitrogens with one attached hydrogen (secondary N) is 2. The highest BCUT2D eigenvalue weighted by Gasteiger charge is 2.11. The zero-order valence-electron chi connectivity index (χ0n) is 10.1. The molecule has 0 aliphatic carbocycles. The van der Waals surface area contributed by atoms with Crippen molar-refractivity contribution in [1.29, 1.82) is 0 Å². The van der Waals surface area contributed by atoms with E-state index in [-0.39, 0.29) is 17.1 Å². The van der Waals surface area contributed by atoms with Crippen molar-refractivity contribution in [1.82, 2.24) is 5.32 Å². The molecule has 0 heterocycles. The topological polar surface area (TPSA) is 87.7 Å². The van der Waals surface area contributed by atoms with E-state index in [0.717, 1.165) is 5.56 Å². The van der Waals surface area contributed by atoms with Crippen LogP contribution in [-0.4, -0.2) is 24.2 Å². The van der Waals surface area contributed by atoms with Crippen LogP contribution < -0.4 is 10.6 Å². The molecule has 1 rings (SSSR count). The minimum atomic E-state index is -0.737. The Morgan fingerprint density at radius 2 is 2.06 bits per heavy atom. The van der Waals surface area contributed by atoms with Crippen molar-refractivity contribution in [2.75, 3.05) is 12.4 Å². The van der Waals surface area contributed by atoms with Gasteiger partial charge in [-0.3, -0.25) is 0 Å².